The zero-order chi connectivity index (χ0) is 19.9. The van der Waals surface area contributed by atoms with E-state index in [1.54, 1.807) is 12.1 Å². The molecule has 3 N–H and O–H groups in total. The van der Waals surface area contributed by atoms with Crippen LogP contribution in [-0.2, 0) is 0 Å². The van der Waals surface area contributed by atoms with Crippen molar-refractivity contribution in [3.63, 3.8) is 0 Å². The monoisotopic (exact) mass is 374 g/mol. The van der Waals surface area contributed by atoms with E-state index in [4.69, 9.17) is 4.74 Å². The summed E-state index contributed by atoms with van der Waals surface area (Å²) in [5.41, 5.74) is 5.89. The van der Waals surface area contributed by atoms with Gasteiger partial charge in [0.2, 0.25) is 11.6 Å². The van der Waals surface area contributed by atoms with E-state index in [1.807, 2.05) is 32.9 Å². The van der Waals surface area contributed by atoms with Crippen LogP contribution in [0.3, 0.4) is 0 Å². The molecular formula is C18H26N6O3. The maximum Gasteiger partial charge on any atom is 0.354 e. The highest BCUT2D eigenvalue weighted by Crippen LogP contribution is 2.31. The quantitative estimate of drug-likeness (QED) is 0.342. The predicted octanol–water partition coefficient (Wildman–Crippen LogP) is 4.02. The average Bonchev–Trinajstić information content (AvgIpc) is 2.61. The van der Waals surface area contributed by atoms with Crippen molar-refractivity contribution in [2.45, 2.75) is 46.1 Å². The Morgan fingerprint density at radius 2 is 1.81 bits per heavy atom. The molecule has 146 valence electrons. The number of rotatable bonds is 9. The van der Waals surface area contributed by atoms with Gasteiger partial charge in [-0.1, -0.05) is 13.3 Å². The average molecular weight is 374 g/mol. The molecule has 9 heteroatoms. The summed E-state index contributed by atoms with van der Waals surface area (Å²) in [5.74, 6) is 0.947. The van der Waals surface area contributed by atoms with Gasteiger partial charge in [0.25, 0.3) is 0 Å². The summed E-state index contributed by atoms with van der Waals surface area (Å²) in [5, 5.41) is 14.5. The summed E-state index contributed by atoms with van der Waals surface area (Å²) in [4.78, 5) is 19.0. The van der Waals surface area contributed by atoms with Crippen molar-refractivity contribution >= 4 is 23.0 Å². The van der Waals surface area contributed by atoms with Crippen molar-refractivity contribution in [1.29, 1.82) is 0 Å². The fourth-order valence-corrected chi connectivity index (χ4v) is 2.09. The molecule has 9 nitrogen and oxygen atoms in total. The van der Waals surface area contributed by atoms with E-state index in [1.165, 1.54) is 6.33 Å². The Bertz CT molecular complexity index is 759. The number of unbranched alkanes of at least 4 members (excludes halogenated alkanes) is 1. The van der Waals surface area contributed by atoms with Crippen molar-refractivity contribution in [1.82, 2.24) is 15.4 Å². The number of hydrogen-bond donors (Lipinski definition) is 3. The number of nitrogens with one attached hydrogen (secondary N) is 3. The lowest BCUT2D eigenvalue weighted by molar-refractivity contribution is -0.383. The van der Waals surface area contributed by atoms with E-state index in [-0.39, 0.29) is 22.9 Å². The highest BCUT2D eigenvalue weighted by atomic mass is 16.6. The molecule has 2 rings (SSSR count). The molecule has 0 spiro atoms. The van der Waals surface area contributed by atoms with Crippen LogP contribution < -0.4 is 20.9 Å². The largest absolute Gasteiger partial charge is 0.494 e. The Morgan fingerprint density at radius 3 is 2.41 bits per heavy atom. The van der Waals surface area contributed by atoms with E-state index < -0.39 is 4.92 Å². The molecule has 0 saturated heterocycles. The summed E-state index contributed by atoms with van der Waals surface area (Å²) >= 11 is 0. The van der Waals surface area contributed by atoms with Crippen molar-refractivity contribution in [2.24, 2.45) is 0 Å². The van der Waals surface area contributed by atoms with E-state index >= 15 is 0 Å². The van der Waals surface area contributed by atoms with Gasteiger partial charge in [0, 0.05) is 11.2 Å². The number of aromatic nitrogens is 2. The first-order valence-electron chi connectivity index (χ1n) is 8.82. The smallest absolute Gasteiger partial charge is 0.354 e. The number of benzene rings is 1. The molecule has 0 radical (unpaired) electrons. The first kappa shape index (κ1) is 20.4. The van der Waals surface area contributed by atoms with Gasteiger partial charge in [-0.25, -0.2) is 15.4 Å². The zero-order valence-electron chi connectivity index (χ0n) is 16.1. The van der Waals surface area contributed by atoms with Crippen LogP contribution in [0.15, 0.2) is 30.6 Å². The number of nitro groups is 1. The Balaban J connectivity index is 2.16. The Labute approximate surface area is 158 Å². The number of ether oxygens (including phenoxy) is 1. The van der Waals surface area contributed by atoms with Gasteiger partial charge < -0.3 is 10.1 Å². The molecule has 0 amide bonds. The van der Waals surface area contributed by atoms with Crippen molar-refractivity contribution < 1.29 is 9.66 Å². The molecule has 0 aliphatic heterocycles. The third kappa shape index (κ3) is 6.37. The first-order valence-corrected chi connectivity index (χ1v) is 8.82. The lowest BCUT2D eigenvalue weighted by atomic mass is 10.1. The van der Waals surface area contributed by atoms with Gasteiger partial charge in [0.15, 0.2) is 0 Å². The van der Waals surface area contributed by atoms with Gasteiger partial charge in [0.05, 0.1) is 11.5 Å². The van der Waals surface area contributed by atoms with Gasteiger partial charge in [-0.15, -0.1) is 0 Å². The zero-order valence-corrected chi connectivity index (χ0v) is 16.1. The minimum atomic E-state index is -0.517. The number of anilines is 3. The number of nitrogens with zero attached hydrogens (tertiary/aromatic N) is 3. The molecule has 2 aromatic rings. The second-order valence-corrected chi connectivity index (χ2v) is 7.03. The maximum atomic E-state index is 11.6. The fourth-order valence-electron chi connectivity index (χ4n) is 2.09. The fraction of sp³-hybridized carbons (Fsp3) is 0.444. The van der Waals surface area contributed by atoms with Crippen molar-refractivity contribution in [3.05, 3.63) is 40.7 Å². The summed E-state index contributed by atoms with van der Waals surface area (Å²) in [7, 11) is 0. The highest BCUT2D eigenvalue weighted by molar-refractivity contribution is 5.73. The van der Waals surface area contributed by atoms with Crippen LogP contribution in [0.25, 0.3) is 0 Å². The van der Waals surface area contributed by atoms with E-state index in [2.05, 4.69) is 33.1 Å². The van der Waals surface area contributed by atoms with E-state index in [0.717, 1.165) is 18.6 Å². The molecule has 0 aliphatic rings. The van der Waals surface area contributed by atoms with Gasteiger partial charge in [-0.2, -0.15) is 0 Å². The highest BCUT2D eigenvalue weighted by Gasteiger charge is 2.24. The second-order valence-electron chi connectivity index (χ2n) is 7.03. The van der Waals surface area contributed by atoms with Gasteiger partial charge >= 0.3 is 5.69 Å². The molecule has 1 aromatic heterocycles. The van der Waals surface area contributed by atoms with Crippen LogP contribution in [0.2, 0.25) is 0 Å². The molecule has 27 heavy (non-hydrogen) atoms. The summed E-state index contributed by atoms with van der Waals surface area (Å²) in [6, 6.07) is 7.19. The number of hydrazine groups is 1. The lowest BCUT2D eigenvalue weighted by Gasteiger charge is -2.21. The van der Waals surface area contributed by atoms with Gasteiger partial charge in [-0.3, -0.25) is 15.5 Å². The van der Waals surface area contributed by atoms with Crippen LogP contribution in [0.4, 0.5) is 23.0 Å². The Kier molecular flexibility index (Phi) is 6.89. The van der Waals surface area contributed by atoms with Crippen LogP contribution in [0.5, 0.6) is 5.75 Å². The third-order valence-corrected chi connectivity index (χ3v) is 3.44. The molecule has 1 heterocycles. The summed E-state index contributed by atoms with van der Waals surface area (Å²) in [6.45, 7) is 8.55. The van der Waals surface area contributed by atoms with Crippen LogP contribution in [0.1, 0.15) is 40.5 Å². The normalized spacial score (nSPS) is 11.1. The topological polar surface area (TPSA) is 114 Å². The van der Waals surface area contributed by atoms with Crippen molar-refractivity contribution in [3.8, 4) is 5.75 Å². The van der Waals surface area contributed by atoms with Gasteiger partial charge in [0.1, 0.15) is 12.1 Å². The summed E-state index contributed by atoms with van der Waals surface area (Å²) in [6.07, 6.45) is 3.33. The SMILES string of the molecule is CCCCOc1ccc(Nc2ncnc(NNC(C)(C)C)c2[N+](=O)[O-])cc1. The van der Waals surface area contributed by atoms with Gasteiger partial charge in [-0.05, 0) is 51.5 Å². The second kappa shape index (κ2) is 9.13. The maximum absolute atomic E-state index is 11.6. The van der Waals surface area contributed by atoms with Crippen molar-refractivity contribution in [2.75, 3.05) is 17.3 Å². The molecular weight excluding hydrogens is 348 g/mol. The predicted molar refractivity (Wildman–Crippen MR) is 105 cm³/mol. The molecule has 0 unspecified atom stereocenters. The van der Waals surface area contributed by atoms with Crippen LogP contribution in [0, 0.1) is 10.1 Å². The minimum absolute atomic E-state index is 0.0898. The number of hydrogen-bond acceptors (Lipinski definition) is 8. The lowest BCUT2D eigenvalue weighted by Crippen LogP contribution is -2.40. The summed E-state index contributed by atoms with van der Waals surface area (Å²) < 4.78 is 5.62. The third-order valence-electron chi connectivity index (χ3n) is 3.44. The van der Waals surface area contributed by atoms with Crippen LogP contribution in [-0.4, -0.2) is 27.0 Å². The van der Waals surface area contributed by atoms with Crippen LogP contribution >= 0.6 is 0 Å². The van der Waals surface area contributed by atoms with E-state index in [9.17, 15) is 10.1 Å². The molecule has 0 aliphatic carbocycles. The van der Waals surface area contributed by atoms with E-state index in [0.29, 0.717) is 12.3 Å². The molecule has 0 fully saturated rings. The molecule has 1 aromatic carbocycles. The first-order chi connectivity index (χ1) is 12.8. The standard InChI is InChI=1S/C18H26N6O3/c1-5-6-11-27-14-9-7-13(8-10-14)21-16-15(24(25)26)17(20-12-19-16)22-23-18(2,3)4/h7-10,12,23H,5-6,11H2,1-4H3,(H2,19,20,21,22). The Morgan fingerprint density at radius 1 is 1.15 bits per heavy atom. The molecule has 0 bridgehead atoms. The molecule has 0 atom stereocenters. The minimum Gasteiger partial charge on any atom is -0.494 e. The molecule has 0 saturated carbocycles. The Hall–Kier alpha value is -2.94.